The third-order valence-electron chi connectivity index (χ3n) is 2.12. The fourth-order valence-electron chi connectivity index (χ4n) is 1.29. The van der Waals surface area contributed by atoms with Crippen LogP contribution in [0.25, 0.3) is 5.69 Å². The maximum absolute atomic E-state index is 9.46. The van der Waals surface area contributed by atoms with Crippen LogP contribution < -0.4 is 0 Å². The van der Waals surface area contributed by atoms with Gasteiger partial charge in [-0.2, -0.15) is 0 Å². The summed E-state index contributed by atoms with van der Waals surface area (Å²) in [7, 11) is 1.73. The summed E-state index contributed by atoms with van der Waals surface area (Å²) in [6, 6.07) is 9.68. The molecule has 1 aromatic heterocycles. The van der Waals surface area contributed by atoms with Gasteiger partial charge in [-0.1, -0.05) is 18.2 Å². The molecular formula is C10H10N2OS. The van der Waals surface area contributed by atoms with E-state index in [-0.39, 0.29) is 5.88 Å². The second-order valence-corrected chi connectivity index (χ2v) is 3.40. The second-order valence-electron chi connectivity index (χ2n) is 3.03. The molecule has 1 aromatic carbocycles. The highest BCUT2D eigenvalue weighted by Crippen LogP contribution is 2.15. The quantitative estimate of drug-likeness (QED) is 0.725. The van der Waals surface area contributed by atoms with E-state index in [9.17, 15) is 5.11 Å². The molecule has 0 aliphatic rings. The monoisotopic (exact) mass is 206 g/mol. The van der Waals surface area contributed by atoms with E-state index >= 15 is 0 Å². The zero-order chi connectivity index (χ0) is 10.1. The molecule has 3 nitrogen and oxygen atoms in total. The number of imidazole rings is 1. The van der Waals surface area contributed by atoms with Gasteiger partial charge < -0.3 is 5.11 Å². The first kappa shape index (κ1) is 9.02. The van der Waals surface area contributed by atoms with Gasteiger partial charge in [-0.25, -0.2) is 0 Å². The van der Waals surface area contributed by atoms with E-state index in [0.29, 0.717) is 4.77 Å². The summed E-state index contributed by atoms with van der Waals surface area (Å²) >= 11 is 5.16. The van der Waals surface area contributed by atoms with E-state index < -0.39 is 0 Å². The predicted octanol–water partition coefficient (Wildman–Crippen LogP) is 2.25. The molecular weight excluding hydrogens is 196 g/mol. The Morgan fingerprint density at radius 3 is 2.36 bits per heavy atom. The highest BCUT2D eigenvalue weighted by molar-refractivity contribution is 7.71. The molecule has 0 amide bonds. The Morgan fingerprint density at radius 2 is 1.86 bits per heavy atom. The van der Waals surface area contributed by atoms with Crippen molar-refractivity contribution < 1.29 is 5.11 Å². The second kappa shape index (κ2) is 3.31. The van der Waals surface area contributed by atoms with Crippen LogP contribution in [0.4, 0.5) is 0 Å². The van der Waals surface area contributed by atoms with Crippen LogP contribution in [0.15, 0.2) is 36.5 Å². The lowest BCUT2D eigenvalue weighted by Crippen LogP contribution is -1.94. The van der Waals surface area contributed by atoms with E-state index in [2.05, 4.69) is 0 Å². The lowest BCUT2D eigenvalue weighted by atomic mass is 10.3. The van der Waals surface area contributed by atoms with E-state index in [4.69, 9.17) is 12.2 Å². The van der Waals surface area contributed by atoms with E-state index in [0.717, 1.165) is 5.69 Å². The molecule has 1 N–H and O–H groups in total. The molecule has 0 spiro atoms. The zero-order valence-corrected chi connectivity index (χ0v) is 8.53. The van der Waals surface area contributed by atoms with Crippen LogP contribution in [0.5, 0.6) is 5.88 Å². The van der Waals surface area contributed by atoms with E-state index in [1.165, 1.54) is 0 Å². The molecule has 0 aliphatic carbocycles. The number of hydrogen-bond donors (Lipinski definition) is 1. The van der Waals surface area contributed by atoms with Crippen LogP contribution in [0.2, 0.25) is 0 Å². The molecule has 72 valence electrons. The minimum Gasteiger partial charge on any atom is -0.493 e. The van der Waals surface area contributed by atoms with Gasteiger partial charge in [-0.05, 0) is 24.4 Å². The average molecular weight is 206 g/mol. The molecule has 0 atom stereocenters. The first-order chi connectivity index (χ1) is 6.70. The van der Waals surface area contributed by atoms with E-state index in [1.807, 2.05) is 30.3 Å². The maximum Gasteiger partial charge on any atom is 0.210 e. The minimum atomic E-state index is 0.166. The maximum atomic E-state index is 9.46. The molecule has 0 saturated carbocycles. The normalized spacial score (nSPS) is 10.4. The standard InChI is InChI=1S/C10H10N2OS/c1-11-9(13)7-12(10(11)14)8-5-3-2-4-6-8/h2-7,13H,1H3. The van der Waals surface area contributed by atoms with Crippen LogP contribution in [-0.2, 0) is 7.05 Å². The number of aromatic nitrogens is 2. The van der Waals surface area contributed by atoms with Crippen LogP contribution in [0.3, 0.4) is 0 Å². The molecule has 0 unspecified atom stereocenters. The Kier molecular flexibility index (Phi) is 2.13. The highest BCUT2D eigenvalue weighted by atomic mass is 32.1. The van der Waals surface area contributed by atoms with Gasteiger partial charge in [-0.3, -0.25) is 9.13 Å². The largest absolute Gasteiger partial charge is 0.493 e. The molecule has 0 aliphatic heterocycles. The molecule has 0 saturated heterocycles. The van der Waals surface area contributed by atoms with Crippen LogP contribution in [0.1, 0.15) is 0 Å². The van der Waals surface area contributed by atoms with Crippen LogP contribution in [-0.4, -0.2) is 14.2 Å². The van der Waals surface area contributed by atoms with Crippen molar-refractivity contribution in [2.45, 2.75) is 0 Å². The number of hydrogen-bond acceptors (Lipinski definition) is 2. The summed E-state index contributed by atoms with van der Waals surface area (Å²) in [5.41, 5.74) is 0.952. The lowest BCUT2D eigenvalue weighted by molar-refractivity contribution is 0.431. The SMILES string of the molecule is Cn1c(O)cn(-c2ccccc2)c1=S. The Hall–Kier alpha value is -1.55. The van der Waals surface area contributed by atoms with Gasteiger partial charge in [0.05, 0.1) is 6.20 Å². The molecule has 2 aromatic rings. The number of aromatic hydroxyl groups is 1. The fourth-order valence-corrected chi connectivity index (χ4v) is 1.54. The lowest BCUT2D eigenvalue weighted by Gasteiger charge is -2.00. The van der Waals surface area contributed by atoms with Gasteiger partial charge in [0.2, 0.25) is 5.88 Å². The molecule has 0 radical (unpaired) electrons. The number of nitrogens with zero attached hydrogens (tertiary/aromatic N) is 2. The van der Waals surface area contributed by atoms with Gasteiger partial charge in [0.1, 0.15) is 0 Å². The van der Waals surface area contributed by atoms with Crippen molar-refractivity contribution in [2.75, 3.05) is 0 Å². The van der Waals surface area contributed by atoms with Crippen molar-refractivity contribution >= 4 is 12.2 Å². The molecule has 0 bridgehead atoms. The fraction of sp³-hybridized carbons (Fsp3) is 0.100. The smallest absolute Gasteiger partial charge is 0.210 e. The molecule has 2 rings (SSSR count). The van der Waals surface area contributed by atoms with Crippen LogP contribution >= 0.6 is 12.2 Å². The molecule has 14 heavy (non-hydrogen) atoms. The highest BCUT2D eigenvalue weighted by Gasteiger charge is 2.03. The zero-order valence-electron chi connectivity index (χ0n) is 7.71. The van der Waals surface area contributed by atoms with Crippen molar-refractivity contribution in [3.63, 3.8) is 0 Å². The third-order valence-corrected chi connectivity index (χ3v) is 2.59. The molecule has 0 fully saturated rings. The third kappa shape index (κ3) is 1.33. The molecule has 4 heteroatoms. The van der Waals surface area contributed by atoms with Crippen molar-refractivity contribution in [1.82, 2.24) is 9.13 Å². The van der Waals surface area contributed by atoms with Gasteiger partial charge in [0.25, 0.3) is 0 Å². The number of para-hydroxylation sites is 1. The summed E-state index contributed by atoms with van der Waals surface area (Å²) in [5, 5.41) is 9.46. The minimum absolute atomic E-state index is 0.166. The van der Waals surface area contributed by atoms with Crippen molar-refractivity contribution in [2.24, 2.45) is 7.05 Å². The average Bonchev–Trinajstić information content (AvgIpc) is 2.47. The summed E-state index contributed by atoms with van der Waals surface area (Å²) in [6.45, 7) is 0. The van der Waals surface area contributed by atoms with Gasteiger partial charge in [0.15, 0.2) is 4.77 Å². The Morgan fingerprint density at radius 1 is 1.21 bits per heavy atom. The summed E-state index contributed by atoms with van der Waals surface area (Å²) in [4.78, 5) is 0. The van der Waals surface area contributed by atoms with Gasteiger partial charge >= 0.3 is 0 Å². The van der Waals surface area contributed by atoms with Crippen molar-refractivity contribution in [3.8, 4) is 11.6 Å². The Labute approximate surface area is 86.9 Å². The van der Waals surface area contributed by atoms with Crippen molar-refractivity contribution in [3.05, 3.63) is 41.3 Å². The summed E-state index contributed by atoms with van der Waals surface area (Å²) in [5.74, 6) is 0.166. The van der Waals surface area contributed by atoms with E-state index in [1.54, 1.807) is 22.4 Å². The summed E-state index contributed by atoms with van der Waals surface area (Å²) in [6.07, 6.45) is 1.61. The topological polar surface area (TPSA) is 30.1 Å². The predicted molar refractivity (Wildman–Crippen MR) is 57.2 cm³/mol. The number of rotatable bonds is 1. The van der Waals surface area contributed by atoms with Gasteiger partial charge in [-0.15, -0.1) is 0 Å². The van der Waals surface area contributed by atoms with Crippen LogP contribution in [0, 0.1) is 4.77 Å². The van der Waals surface area contributed by atoms with Gasteiger partial charge in [0, 0.05) is 12.7 Å². The first-order valence-corrected chi connectivity index (χ1v) is 4.64. The Bertz CT molecular complexity index is 499. The first-order valence-electron chi connectivity index (χ1n) is 4.23. The Balaban J connectivity index is 2.64. The van der Waals surface area contributed by atoms with Crippen molar-refractivity contribution in [1.29, 1.82) is 0 Å². The summed E-state index contributed by atoms with van der Waals surface area (Å²) < 4.78 is 3.90. The number of benzene rings is 1. The molecule has 1 heterocycles.